The van der Waals surface area contributed by atoms with Crippen LogP contribution < -0.4 is 10.5 Å². The van der Waals surface area contributed by atoms with E-state index < -0.39 is 0 Å². The molecule has 0 aliphatic carbocycles. The lowest BCUT2D eigenvalue weighted by atomic mass is 10.3. The zero-order chi connectivity index (χ0) is 12.8. The molecule has 1 aromatic heterocycles. The molecule has 6 nitrogen and oxygen atoms in total. The third-order valence-electron chi connectivity index (χ3n) is 2.98. The second-order valence-corrected chi connectivity index (χ2v) is 4.23. The van der Waals surface area contributed by atoms with Gasteiger partial charge in [0, 0.05) is 12.7 Å². The summed E-state index contributed by atoms with van der Waals surface area (Å²) in [6, 6.07) is 3.53. The highest BCUT2D eigenvalue weighted by Crippen LogP contribution is 2.15. The summed E-state index contributed by atoms with van der Waals surface area (Å²) in [7, 11) is 0. The number of nitrogens with zero attached hydrogens (tertiary/aromatic N) is 3. The van der Waals surface area contributed by atoms with Crippen LogP contribution in [0.2, 0.25) is 0 Å². The summed E-state index contributed by atoms with van der Waals surface area (Å²) in [6.07, 6.45) is 4.12. The summed E-state index contributed by atoms with van der Waals surface area (Å²) in [4.78, 5) is 6.41. The smallest absolute Gasteiger partial charge is 0.192 e. The van der Waals surface area contributed by atoms with E-state index in [1.54, 1.807) is 18.3 Å². The highest BCUT2D eigenvalue weighted by Gasteiger charge is 2.12. The molecule has 1 saturated heterocycles. The maximum absolute atomic E-state index is 8.67. The maximum Gasteiger partial charge on any atom is 0.192 e. The molecule has 1 fully saturated rings. The molecule has 0 unspecified atom stereocenters. The Morgan fingerprint density at radius 3 is 3.00 bits per heavy atom. The van der Waals surface area contributed by atoms with Gasteiger partial charge in [0.1, 0.15) is 12.4 Å². The average Bonchev–Trinajstić information content (AvgIpc) is 2.92. The molecular weight excluding hydrogens is 232 g/mol. The third-order valence-corrected chi connectivity index (χ3v) is 2.98. The van der Waals surface area contributed by atoms with Crippen molar-refractivity contribution in [2.24, 2.45) is 10.9 Å². The molecule has 0 atom stereocenters. The van der Waals surface area contributed by atoms with Gasteiger partial charge in [-0.2, -0.15) is 0 Å². The van der Waals surface area contributed by atoms with Crippen LogP contribution >= 0.6 is 0 Å². The van der Waals surface area contributed by atoms with Crippen molar-refractivity contribution in [3.05, 3.63) is 24.0 Å². The molecule has 1 aromatic rings. The Bertz CT molecular complexity index is 416. The average molecular weight is 250 g/mol. The first kappa shape index (κ1) is 12.6. The topological polar surface area (TPSA) is 84.0 Å². The summed E-state index contributed by atoms with van der Waals surface area (Å²) in [6.45, 7) is 3.76. The van der Waals surface area contributed by atoms with Gasteiger partial charge in [-0.15, -0.1) is 0 Å². The van der Waals surface area contributed by atoms with E-state index in [4.69, 9.17) is 15.7 Å². The van der Waals surface area contributed by atoms with Crippen LogP contribution in [-0.4, -0.2) is 47.2 Å². The Morgan fingerprint density at radius 2 is 2.28 bits per heavy atom. The van der Waals surface area contributed by atoms with Crippen LogP contribution in [0, 0.1) is 0 Å². The number of oxime groups is 1. The molecule has 1 aliphatic heterocycles. The van der Waals surface area contributed by atoms with Crippen molar-refractivity contribution < 1.29 is 9.94 Å². The minimum Gasteiger partial charge on any atom is -0.490 e. The fourth-order valence-corrected chi connectivity index (χ4v) is 2.04. The fourth-order valence-electron chi connectivity index (χ4n) is 2.04. The number of hydrogen-bond acceptors (Lipinski definition) is 5. The Balaban J connectivity index is 1.92. The SMILES string of the molecule is N/C(=N/O)c1ncccc1OCCN1CCCC1. The van der Waals surface area contributed by atoms with Gasteiger partial charge in [-0.05, 0) is 38.1 Å². The lowest BCUT2D eigenvalue weighted by molar-refractivity contribution is 0.236. The number of aromatic nitrogens is 1. The molecule has 2 heterocycles. The summed E-state index contributed by atoms with van der Waals surface area (Å²) < 4.78 is 5.65. The summed E-state index contributed by atoms with van der Waals surface area (Å²) in [5, 5.41) is 11.6. The Kier molecular flexibility index (Phi) is 4.35. The summed E-state index contributed by atoms with van der Waals surface area (Å²) in [5.74, 6) is 0.513. The van der Waals surface area contributed by atoms with Gasteiger partial charge in [-0.25, -0.2) is 4.98 Å². The molecule has 3 N–H and O–H groups in total. The molecule has 0 aromatic carbocycles. The highest BCUT2D eigenvalue weighted by atomic mass is 16.5. The molecule has 2 rings (SSSR count). The van der Waals surface area contributed by atoms with Gasteiger partial charge in [0.2, 0.25) is 0 Å². The molecule has 0 radical (unpaired) electrons. The first-order valence-corrected chi connectivity index (χ1v) is 6.09. The van der Waals surface area contributed by atoms with Crippen LogP contribution in [0.3, 0.4) is 0 Å². The lowest BCUT2D eigenvalue weighted by Crippen LogP contribution is -2.25. The summed E-state index contributed by atoms with van der Waals surface area (Å²) >= 11 is 0. The van der Waals surface area contributed by atoms with Crippen molar-refractivity contribution >= 4 is 5.84 Å². The van der Waals surface area contributed by atoms with Crippen LogP contribution in [0.4, 0.5) is 0 Å². The minimum atomic E-state index is -0.0354. The predicted octanol–water partition coefficient (Wildman–Crippen LogP) is 0.651. The van der Waals surface area contributed by atoms with Gasteiger partial charge in [0.25, 0.3) is 0 Å². The number of pyridine rings is 1. The lowest BCUT2D eigenvalue weighted by Gasteiger charge is -2.15. The van der Waals surface area contributed by atoms with Crippen LogP contribution in [0.25, 0.3) is 0 Å². The van der Waals surface area contributed by atoms with Crippen LogP contribution in [0.15, 0.2) is 23.5 Å². The zero-order valence-corrected chi connectivity index (χ0v) is 10.2. The molecule has 98 valence electrons. The van der Waals surface area contributed by atoms with E-state index in [9.17, 15) is 0 Å². The van der Waals surface area contributed by atoms with Gasteiger partial charge in [-0.3, -0.25) is 4.90 Å². The van der Waals surface area contributed by atoms with E-state index in [0.29, 0.717) is 18.1 Å². The third kappa shape index (κ3) is 3.10. The molecule has 0 bridgehead atoms. The number of likely N-dealkylation sites (tertiary alicyclic amines) is 1. The van der Waals surface area contributed by atoms with E-state index in [0.717, 1.165) is 19.6 Å². The fraction of sp³-hybridized carbons (Fsp3) is 0.500. The number of hydrogen-bond donors (Lipinski definition) is 2. The Hall–Kier alpha value is -1.82. The Labute approximate surface area is 106 Å². The largest absolute Gasteiger partial charge is 0.490 e. The van der Waals surface area contributed by atoms with Crippen LogP contribution in [0.1, 0.15) is 18.5 Å². The van der Waals surface area contributed by atoms with E-state index in [1.807, 2.05) is 0 Å². The molecular formula is C12H18N4O2. The van der Waals surface area contributed by atoms with Crippen molar-refractivity contribution in [1.29, 1.82) is 0 Å². The van der Waals surface area contributed by atoms with Crippen molar-refractivity contribution in [3.8, 4) is 5.75 Å². The first-order chi connectivity index (χ1) is 8.81. The van der Waals surface area contributed by atoms with Gasteiger partial charge in [-0.1, -0.05) is 5.16 Å². The van der Waals surface area contributed by atoms with Gasteiger partial charge < -0.3 is 15.7 Å². The number of nitrogens with two attached hydrogens (primary N) is 1. The molecule has 6 heteroatoms. The van der Waals surface area contributed by atoms with E-state index in [1.165, 1.54) is 12.8 Å². The van der Waals surface area contributed by atoms with Gasteiger partial charge in [0.05, 0.1) is 0 Å². The first-order valence-electron chi connectivity index (χ1n) is 6.09. The Morgan fingerprint density at radius 1 is 1.50 bits per heavy atom. The second kappa shape index (κ2) is 6.20. The zero-order valence-electron chi connectivity index (χ0n) is 10.2. The van der Waals surface area contributed by atoms with Crippen molar-refractivity contribution in [2.45, 2.75) is 12.8 Å². The van der Waals surface area contributed by atoms with E-state index in [-0.39, 0.29) is 5.84 Å². The molecule has 0 saturated carbocycles. The predicted molar refractivity (Wildman–Crippen MR) is 67.9 cm³/mol. The van der Waals surface area contributed by atoms with Crippen LogP contribution in [-0.2, 0) is 0 Å². The summed E-state index contributed by atoms with van der Waals surface area (Å²) in [5.41, 5.74) is 5.91. The molecule has 1 aliphatic rings. The van der Waals surface area contributed by atoms with E-state index >= 15 is 0 Å². The molecule has 0 spiro atoms. The normalized spacial score (nSPS) is 17.0. The highest BCUT2D eigenvalue weighted by molar-refractivity contribution is 5.97. The van der Waals surface area contributed by atoms with Crippen molar-refractivity contribution in [2.75, 3.05) is 26.2 Å². The standard InChI is InChI=1S/C12H18N4O2/c13-12(15-17)11-10(4-3-5-14-11)18-9-8-16-6-1-2-7-16/h3-5,17H,1-2,6-9H2,(H2,13,15). The second-order valence-electron chi connectivity index (χ2n) is 4.23. The maximum atomic E-state index is 8.67. The number of amidine groups is 1. The minimum absolute atomic E-state index is 0.0354. The van der Waals surface area contributed by atoms with Crippen molar-refractivity contribution in [3.63, 3.8) is 0 Å². The van der Waals surface area contributed by atoms with Gasteiger partial charge >= 0.3 is 0 Å². The number of ether oxygens (including phenoxy) is 1. The monoisotopic (exact) mass is 250 g/mol. The van der Waals surface area contributed by atoms with Crippen LogP contribution in [0.5, 0.6) is 5.75 Å². The van der Waals surface area contributed by atoms with Gasteiger partial charge in [0.15, 0.2) is 11.5 Å². The molecule has 0 amide bonds. The number of rotatable bonds is 5. The van der Waals surface area contributed by atoms with E-state index in [2.05, 4.69) is 15.0 Å². The molecule has 18 heavy (non-hydrogen) atoms. The van der Waals surface area contributed by atoms with Crippen molar-refractivity contribution in [1.82, 2.24) is 9.88 Å². The quantitative estimate of drug-likeness (QED) is 0.347.